The van der Waals surface area contributed by atoms with Gasteiger partial charge in [0.2, 0.25) is 0 Å². The molecule has 2 rings (SSSR count). The SMILES string of the molecule is CC1(S)C=Cc2ccccc2C1. The molecule has 0 saturated heterocycles. The van der Waals surface area contributed by atoms with Crippen molar-refractivity contribution < 1.29 is 0 Å². The second-order valence-electron chi connectivity index (χ2n) is 3.57. The molecule has 0 bridgehead atoms. The Morgan fingerprint density at radius 2 is 2.08 bits per heavy atom. The molecule has 0 heterocycles. The fourth-order valence-corrected chi connectivity index (χ4v) is 1.82. The molecule has 1 aromatic rings. The summed E-state index contributed by atoms with van der Waals surface area (Å²) in [7, 11) is 0. The predicted molar refractivity (Wildman–Crippen MR) is 56.6 cm³/mol. The lowest BCUT2D eigenvalue weighted by Crippen LogP contribution is -2.19. The molecule has 1 atom stereocenters. The van der Waals surface area contributed by atoms with Gasteiger partial charge in [-0.2, -0.15) is 12.6 Å². The lowest BCUT2D eigenvalue weighted by atomic mass is 9.90. The van der Waals surface area contributed by atoms with E-state index in [-0.39, 0.29) is 4.75 Å². The van der Waals surface area contributed by atoms with E-state index < -0.39 is 0 Å². The molecule has 12 heavy (non-hydrogen) atoms. The zero-order chi connectivity index (χ0) is 8.60. The van der Waals surface area contributed by atoms with Crippen LogP contribution in [0.5, 0.6) is 0 Å². The van der Waals surface area contributed by atoms with Crippen LogP contribution in [0.2, 0.25) is 0 Å². The van der Waals surface area contributed by atoms with Gasteiger partial charge in [-0.3, -0.25) is 0 Å². The number of fused-ring (bicyclic) bond motifs is 1. The van der Waals surface area contributed by atoms with Crippen LogP contribution in [0.3, 0.4) is 0 Å². The Balaban J connectivity index is 2.46. The summed E-state index contributed by atoms with van der Waals surface area (Å²) < 4.78 is 0.0361. The minimum absolute atomic E-state index is 0.0361. The van der Waals surface area contributed by atoms with Crippen molar-refractivity contribution in [2.75, 3.05) is 0 Å². The largest absolute Gasteiger partial charge is 0.168 e. The summed E-state index contributed by atoms with van der Waals surface area (Å²) in [5, 5.41) is 0. The first-order valence-corrected chi connectivity index (χ1v) is 4.62. The molecule has 0 nitrogen and oxygen atoms in total. The van der Waals surface area contributed by atoms with Crippen molar-refractivity contribution >= 4 is 18.7 Å². The highest BCUT2D eigenvalue weighted by Crippen LogP contribution is 2.29. The lowest BCUT2D eigenvalue weighted by molar-refractivity contribution is 0.782. The molecular formula is C11H12S. The van der Waals surface area contributed by atoms with Crippen molar-refractivity contribution in [3.05, 3.63) is 41.5 Å². The van der Waals surface area contributed by atoms with Crippen molar-refractivity contribution in [2.24, 2.45) is 0 Å². The normalized spacial score (nSPS) is 26.8. The Bertz CT molecular complexity index is 324. The van der Waals surface area contributed by atoms with E-state index in [1.165, 1.54) is 11.1 Å². The van der Waals surface area contributed by atoms with Gasteiger partial charge in [0, 0.05) is 4.75 Å². The second kappa shape index (κ2) is 2.67. The predicted octanol–water partition coefficient (Wildman–Crippen LogP) is 2.94. The molecule has 1 aliphatic carbocycles. The zero-order valence-electron chi connectivity index (χ0n) is 7.12. The highest BCUT2D eigenvalue weighted by atomic mass is 32.1. The van der Waals surface area contributed by atoms with Crippen LogP contribution in [0.4, 0.5) is 0 Å². The quantitative estimate of drug-likeness (QED) is 0.577. The molecule has 0 aromatic heterocycles. The lowest BCUT2D eigenvalue weighted by Gasteiger charge is -2.24. The number of benzene rings is 1. The van der Waals surface area contributed by atoms with Crippen LogP contribution >= 0.6 is 12.6 Å². The van der Waals surface area contributed by atoms with E-state index in [9.17, 15) is 0 Å². The van der Waals surface area contributed by atoms with Crippen LogP contribution in [0.15, 0.2) is 30.3 Å². The molecule has 62 valence electrons. The van der Waals surface area contributed by atoms with Crippen molar-refractivity contribution in [1.82, 2.24) is 0 Å². The van der Waals surface area contributed by atoms with Crippen molar-refractivity contribution in [3.8, 4) is 0 Å². The smallest absolute Gasteiger partial charge is 0.0324 e. The number of thiol groups is 1. The van der Waals surface area contributed by atoms with Gasteiger partial charge in [0.15, 0.2) is 0 Å². The number of hydrogen-bond donors (Lipinski definition) is 1. The molecule has 0 radical (unpaired) electrons. The summed E-state index contributed by atoms with van der Waals surface area (Å²) in [4.78, 5) is 0. The average Bonchev–Trinajstić information content (AvgIpc) is 2.02. The van der Waals surface area contributed by atoms with Crippen molar-refractivity contribution in [3.63, 3.8) is 0 Å². The Hall–Kier alpha value is -0.690. The summed E-state index contributed by atoms with van der Waals surface area (Å²) in [5.41, 5.74) is 2.74. The summed E-state index contributed by atoms with van der Waals surface area (Å²) in [6, 6.07) is 8.48. The van der Waals surface area contributed by atoms with Gasteiger partial charge in [-0.05, 0) is 24.5 Å². The number of hydrogen-bond acceptors (Lipinski definition) is 1. The van der Waals surface area contributed by atoms with Gasteiger partial charge in [0.1, 0.15) is 0 Å². The Labute approximate surface area is 78.7 Å². The first-order chi connectivity index (χ1) is 5.67. The third-order valence-electron chi connectivity index (χ3n) is 2.23. The fourth-order valence-electron chi connectivity index (χ4n) is 1.57. The maximum Gasteiger partial charge on any atom is 0.0324 e. The third kappa shape index (κ3) is 1.42. The summed E-state index contributed by atoms with van der Waals surface area (Å²) in [5.74, 6) is 0. The first kappa shape index (κ1) is 7.93. The second-order valence-corrected chi connectivity index (χ2v) is 4.59. The van der Waals surface area contributed by atoms with E-state index in [2.05, 4.69) is 56.0 Å². The van der Waals surface area contributed by atoms with Crippen LogP contribution in [-0.4, -0.2) is 4.75 Å². The molecule has 0 N–H and O–H groups in total. The summed E-state index contributed by atoms with van der Waals surface area (Å²) >= 11 is 4.56. The zero-order valence-corrected chi connectivity index (χ0v) is 8.01. The minimum Gasteiger partial charge on any atom is -0.168 e. The van der Waals surface area contributed by atoms with Gasteiger partial charge in [0.25, 0.3) is 0 Å². The van der Waals surface area contributed by atoms with E-state index in [4.69, 9.17) is 0 Å². The van der Waals surface area contributed by atoms with Gasteiger partial charge in [-0.15, -0.1) is 0 Å². The molecule has 1 aromatic carbocycles. The van der Waals surface area contributed by atoms with Crippen molar-refractivity contribution in [1.29, 1.82) is 0 Å². The first-order valence-electron chi connectivity index (χ1n) is 4.17. The molecule has 1 aliphatic rings. The average molecular weight is 176 g/mol. The van der Waals surface area contributed by atoms with E-state index >= 15 is 0 Å². The summed E-state index contributed by atoms with van der Waals surface area (Å²) in [6.45, 7) is 2.14. The highest BCUT2D eigenvalue weighted by Gasteiger charge is 2.20. The number of rotatable bonds is 0. The van der Waals surface area contributed by atoms with Crippen LogP contribution in [0.25, 0.3) is 6.08 Å². The fraction of sp³-hybridized carbons (Fsp3) is 0.273. The summed E-state index contributed by atoms with van der Waals surface area (Å²) in [6.07, 6.45) is 5.35. The van der Waals surface area contributed by atoms with E-state index in [0.29, 0.717) is 0 Å². The molecule has 0 saturated carbocycles. The Kier molecular flexibility index (Phi) is 1.76. The molecule has 0 aliphatic heterocycles. The van der Waals surface area contributed by atoms with Crippen LogP contribution in [0.1, 0.15) is 18.1 Å². The van der Waals surface area contributed by atoms with Gasteiger partial charge < -0.3 is 0 Å². The highest BCUT2D eigenvalue weighted by molar-refractivity contribution is 7.82. The van der Waals surface area contributed by atoms with Crippen molar-refractivity contribution in [2.45, 2.75) is 18.1 Å². The Morgan fingerprint density at radius 3 is 2.92 bits per heavy atom. The van der Waals surface area contributed by atoms with Crippen LogP contribution < -0.4 is 0 Å². The van der Waals surface area contributed by atoms with Gasteiger partial charge in [0.05, 0.1) is 0 Å². The molecule has 0 amide bonds. The molecule has 1 heteroatoms. The molecular weight excluding hydrogens is 164 g/mol. The maximum absolute atomic E-state index is 4.56. The van der Waals surface area contributed by atoms with Gasteiger partial charge in [-0.25, -0.2) is 0 Å². The van der Waals surface area contributed by atoms with Gasteiger partial charge in [-0.1, -0.05) is 36.4 Å². The molecule has 0 spiro atoms. The van der Waals surface area contributed by atoms with E-state index in [1.54, 1.807) is 0 Å². The van der Waals surface area contributed by atoms with E-state index in [0.717, 1.165) is 6.42 Å². The standard InChI is InChI=1S/C11H12S/c1-11(12)7-6-9-4-2-3-5-10(9)8-11/h2-7,12H,8H2,1H3. The van der Waals surface area contributed by atoms with Crippen LogP contribution in [-0.2, 0) is 6.42 Å². The Morgan fingerprint density at radius 1 is 1.33 bits per heavy atom. The van der Waals surface area contributed by atoms with E-state index in [1.807, 2.05) is 0 Å². The monoisotopic (exact) mass is 176 g/mol. The maximum atomic E-state index is 4.56. The third-order valence-corrected chi connectivity index (χ3v) is 2.53. The molecule has 1 unspecified atom stereocenters. The minimum atomic E-state index is 0.0361. The topological polar surface area (TPSA) is 0 Å². The van der Waals surface area contributed by atoms with Crippen LogP contribution in [0, 0.1) is 0 Å². The molecule has 0 fully saturated rings. The van der Waals surface area contributed by atoms with Gasteiger partial charge >= 0.3 is 0 Å².